The van der Waals surface area contributed by atoms with Crippen molar-refractivity contribution in [2.75, 3.05) is 18.5 Å². The van der Waals surface area contributed by atoms with Gasteiger partial charge in [0.15, 0.2) is 0 Å². The van der Waals surface area contributed by atoms with E-state index < -0.39 is 5.82 Å². The second kappa shape index (κ2) is 7.17. The molecule has 1 aliphatic rings. The van der Waals surface area contributed by atoms with Crippen LogP contribution in [-0.4, -0.2) is 31.1 Å². The van der Waals surface area contributed by atoms with Gasteiger partial charge in [0.25, 0.3) is 5.91 Å². The van der Waals surface area contributed by atoms with Crippen LogP contribution < -0.4 is 10.6 Å². The van der Waals surface area contributed by atoms with Crippen molar-refractivity contribution in [1.82, 2.24) is 5.32 Å². The molecule has 21 heavy (non-hydrogen) atoms. The van der Waals surface area contributed by atoms with E-state index in [4.69, 9.17) is 4.74 Å². The number of amides is 2. The number of ether oxygens (including phenoxy) is 1. The molecule has 2 amide bonds. The Kier molecular flexibility index (Phi) is 5.27. The number of benzene rings is 1. The Hall–Kier alpha value is -1.95. The van der Waals surface area contributed by atoms with Crippen LogP contribution in [0.15, 0.2) is 18.2 Å². The van der Waals surface area contributed by atoms with E-state index in [1.807, 2.05) is 0 Å². The van der Waals surface area contributed by atoms with Crippen LogP contribution in [0.1, 0.15) is 36.5 Å². The van der Waals surface area contributed by atoms with Crippen LogP contribution in [0, 0.1) is 5.82 Å². The van der Waals surface area contributed by atoms with E-state index >= 15 is 0 Å². The summed E-state index contributed by atoms with van der Waals surface area (Å²) in [6.07, 6.45) is 2.54. The topological polar surface area (TPSA) is 67.4 Å². The zero-order valence-corrected chi connectivity index (χ0v) is 11.9. The van der Waals surface area contributed by atoms with Gasteiger partial charge in [0, 0.05) is 31.7 Å². The smallest absolute Gasteiger partial charge is 0.251 e. The molecule has 1 aromatic carbocycles. The first-order valence-electron chi connectivity index (χ1n) is 7.02. The maximum absolute atomic E-state index is 13.5. The van der Waals surface area contributed by atoms with Gasteiger partial charge in [0.05, 0.1) is 5.69 Å². The van der Waals surface area contributed by atoms with E-state index in [1.54, 1.807) is 0 Å². The third-order valence-corrected chi connectivity index (χ3v) is 3.33. The highest BCUT2D eigenvalue weighted by Crippen LogP contribution is 2.17. The highest BCUT2D eigenvalue weighted by Gasteiger charge is 2.17. The molecule has 1 saturated heterocycles. The van der Waals surface area contributed by atoms with Gasteiger partial charge < -0.3 is 15.4 Å². The van der Waals surface area contributed by atoms with Crippen molar-refractivity contribution in [3.63, 3.8) is 0 Å². The summed E-state index contributed by atoms with van der Waals surface area (Å²) >= 11 is 0. The molecule has 1 atom stereocenters. The predicted octanol–water partition coefficient (Wildman–Crippen LogP) is 2.08. The molecule has 1 aliphatic heterocycles. The first-order chi connectivity index (χ1) is 10.1. The summed E-state index contributed by atoms with van der Waals surface area (Å²) in [5.74, 6) is -1.22. The van der Waals surface area contributed by atoms with Crippen LogP contribution in [0.5, 0.6) is 0 Å². The molecule has 0 radical (unpaired) electrons. The van der Waals surface area contributed by atoms with Crippen molar-refractivity contribution < 1.29 is 18.7 Å². The molecule has 1 fully saturated rings. The molecule has 0 spiro atoms. The fourth-order valence-corrected chi connectivity index (χ4v) is 2.27. The minimum atomic E-state index is -0.565. The van der Waals surface area contributed by atoms with Gasteiger partial charge in [-0.2, -0.15) is 0 Å². The van der Waals surface area contributed by atoms with Crippen molar-refractivity contribution in [3.8, 4) is 0 Å². The molecule has 1 unspecified atom stereocenters. The van der Waals surface area contributed by atoms with Crippen molar-refractivity contribution in [1.29, 1.82) is 0 Å². The summed E-state index contributed by atoms with van der Waals surface area (Å²) in [4.78, 5) is 23.2. The minimum Gasteiger partial charge on any atom is -0.381 e. The molecule has 5 nitrogen and oxygen atoms in total. The summed E-state index contributed by atoms with van der Waals surface area (Å²) in [5, 5.41) is 5.29. The van der Waals surface area contributed by atoms with E-state index in [0.717, 1.165) is 25.9 Å². The number of hydrogen-bond donors (Lipinski definition) is 2. The fourth-order valence-electron chi connectivity index (χ4n) is 2.27. The Balaban J connectivity index is 2.06. The lowest BCUT2D eigenvalue weighted by atomic mass is 10.1. The van der Waals surface area contributed by atoms with Gasteiger partial charge in [0.1, 0.15) is 5.82 Å². The standard InChI is InChI=1S/C15H19FN2O3/c1-10(19)17-14-9-11(4-5-13(14)16)15(20)18-12-3-2-7-21-8-6-12/h4-5,9,12H,2-3,6-8H2,1H3,(H,17,19)(H,18,20). The van der Waals surface area contributed by atoms with Crippen LogP contribution in [0.4, 0.5) is 10.1 Å². The first kappa shape index (κ1) is 15.4. The molecular weight excluding hydrogens is 275 g/mol. The lowest BCUT2D eigenvalue weighted by Gasteiger charge is -2.16. The van der Waals surface area contributed by atoms with Crippen molar-refractivity contribution in [2.24, 2.45) is 0 Å². The van der Waals surface area contributed by atoms with E-state index in [1.165, 1.54) is 25.1 Å². The number of nitrogens with one attached hydrogen (secondary N) is 2. The summed E-state index contributed by atoms with van der Waals surface area (Å²) in [6, 6.07) is 3.99. The summed E-state index contributed by atoms with van der Waals surface area (Å²) in [5.41, 5.74) is 0.338. The predicted molar refractivity (Wildman–Crippen MR) is 76.6 cm³/mol. The molecule has 1 heterocycles. The number of carbonyl (C=O) groups is 2. The molecule has 0 bridgehead atoms. The van der Waals surface area contributed by atoms with Crippen molar-refractivity contribution >= 4 is 17.5 Å². The molecule has 6 heteroatoms. The number of carbonyl (C=O) groups excluding carboxylic acids is 2. The number of hydrogen-bond acceptors (Lipinski definition) is 3. The zero-order chi connectivity index (χ0) is 15.2. The van der Waals surface area contributed by atoms with Gasteiger partial charge in [-0.25, -0.2) is 4.39 Å². The Morgan fingerprint density at radius 3 is 2.86 bits per heavy atom. The third-order valence-electron chi connectivity index (χ3n) is 3.33. The summed E-state index contributed by atoms with van der Waals surface area (Å²) in [6.45, 7) is 2.64. The second-order valence-corrected chi connectivity index (χ2v) is 5.09. The van der Waals surface area contributed by atoms with E-state index in [9.17, 15) is 14.0 Å². The van der Waals surface area contributed by atoms with Gasteiger partial charge in [-0.1, -0.05) is 0 Å². The van der Waals surface area contributed by atoms with E-state index in [2.05, 4.69) is 10.6 Å². The van der Waals surface area contributed by atoms with E-state index in [0.29, 0.717) is 12.2 Å². The largest absolute Gasteiger partial charge is 0.381 e. The highest BCUT2D eigenvalue weighted by atomic mass is 19.1. The zero-order valence-electron chi connectivity index (χ0n) is 11.9. The number of anilines is 1. The molecule has 2 N–H and O–H groups in total. The average Bonchev–Trinajstić information content (AvgIpc) is 2.69. The molecular formula is C15H19FN2O3. The van der Waals surface area contributed by atoms with Crippen LogP contribution >= 0.6 is 0 Å². The maximum Gasteiger partial charge on any atom is 0.251 e. The molecule has 0 aliphatic carbocycles. The normalized spacial score (nSPS) is 18.7. The summed E-state index contributed by atoms with van der Waals surface area (Å²) in [7, 11) is 0. The van der Waals surface area contributed by atoms with Crippen molar-refractivity contribution in [2.45, 2.75) is 32.2 Å². The molecule has 1 aromatic rings. The quantitative estimate of drug-likeness (QED) is 0.897. The fraction of sp³-hybridized carbons (Fsp3) is 0.467. The lowest BCUT2D eigenvalue weighted by Crippen LogP contribution is -2.35. The van der Waals surface area contributed by atoms with Gasteiger partial charge >= 0.3 is 0 Å². The molecule has 0 aromatic heterocycles. The second-order valence-electron chi connectivity index (χ2n) is 5.09. The molecule has 2 rings (SSSR count). The van der Waals surface area contributed by atoms with Gasteiger partial charge in [-0.3, -0.25) is 9.59 Å². The Morgan fingerprint density at radius 2 is 2.10 bits per heavy atom. The van der Waals surface area contributed by atoms with Gasteiger partial charge in [-0.05, 0) is 37.5 Å². The van der Waals surface area contributed by atoms with Gasteiger partial charge in [-0.15, -0.1) is 0 Å². The highest BCUT2D eigenvalue weighted by molar-refractivity contribution is 5.97. The monoisotopic (exact) mass is 294 g/mol. The van der Waals surface area contributed by atoms with Crippen LogP contribution in [0.25, 0.3) is 0 Å². The first-order valence-corrected chi connectivity index (χ1v) is 7.02. The number of rotatable bonds is 3. The van der Waals surface area contributed by atoms with Crippen LogP contribution in [0.2, 0.25) is 0 Å². The molecule has 0 saturated carbocycles. The van der Waals surface area contributed by atoms with Crippen LogP contribution in [-0.2, 0) is 9.53 Å². The van der Waals surface area contributed by atoms with E-state index in [-0.39, 0.29) is 23.5 Å². The third kappa shape index (κ3) is 4.53. The lowest BCUT2D eigenvalue weighted by molar-refractivity contribution is -0.114. The van der Waals surface area contributed by atoms with Crippen molar-refractivity contribution in [3.05, 3.63) is 29.6 Å². The minimum absolute atomic E-state index is 0.0133. The average molecular weight is 294 g/mol. The van der Waals surface area contributed by atoms with Crippen LogP contribution in [0.3, 0.4) is 0 Å². The number of halogens is 1. The van der Waals surface area contributed by atoms with Gasteiger partial charge in [0.2, 0.25) is 5.91 Å². The Labute approximate surface area is 122 Å². The maximum atomic E-state index is 13.5. The summed E-state index contributed by atoms with van der Waals surface area (Å²) < 4.78 is 18.9. The Morgan fingerprint density at radius 1 is 1.29 bits per heavy atom. The Bertz CT molecular complexity index is 526. The SMILES string of the molecule is CC(=O)Nc1cc(C(=O)NC2CCCOCC2)ccc1F. The molecule has 114 valence electrons.